The molecule has 0 aliphatic heterocycles. The van der Waals surface area contributed by atoms with Gasteiger partial charge in [-0.3, -0.25) is 4.79 Å². The van der Waals surface area contributed by atoms with Crippen LogP contribution >= 0.6 is 0 Å². The van der Waals surface area contributed by atoms with Crippen molar-refractivity contribution in [3.8, 4) is 5.75 Å². The molecule has 0 radical (unpaired) electrons. The average Bonchev–Trinajstić information content (AvgIpc) is 2.82. The third-order valence-corrected chi connectivity index (χ3v) is 2.37. The third-order valence-electron chi connectivity index (χ3n) is 2.37. The third kappa shape index (κ3) is 2.40. The van der Waals surface area contributed by atoms with Crippen LogP contribution in [0.2, 0.25) is 0 Å². The van der Waals surface area contributed by atoms with Gasteiger partial charge in [-0.2, -0.15) is 0 Å². The van der Waals surface area contributed by atoms with E-state index < -0.39 is 11.7 Å². The van der Waals surface area contributed by atoms with Crippen molar-refractivity contribution in [2.75, 3.05) is 0 Å². The first-order chi connectivity index (χ1) is 8.58. The van der Waals surface area contributed by atoms with Gasteiger partial charge in [-0.05, 0) is 18.2 Å². The summed E-state index contributed by atoms with van der Waals surface area (Å²) in [6, 6.07) is 3.70. The van der Waals surface area contributed by atoms with Gasteiger partial charge in [-0.1, -0.05) is 12.2 Å². The molecule has 1 aromatic carbocycles. The Morgan fingerprint density at radius 3 is 2.78 bits per heavy atom. The van der Waals surface area contributed by atoms with Gasteiger partial charge in [0.1, 0.15) is 11.6 Å². The smallest absolute Gasteiger partial charge is 0.252 e. The molecule has 0 fully saturated rings. The molecule has 4 nitrogen and oxygen atoms in total. The second-order valence-corrected chi connectivity index (χ2v) is 3.65. The number of primary amides is 1. The first kappa shape index (κ1) is 11.9. The fraction of sp³-hybridized carbons (Fsp3) is 0. The van der Waals surface area contributed by atoms with Crippen molar-refractivity contribution in [1.29, 1.82) is 0 Å². The molecule has 92 valence electrons. The van der Waals surface area contributed by atoms with Crippen LogP contribution in [0, 0.1) is 5.82 Å². The van der Waals surface area contributed by atoms with Crippen LogP contribution in [0.15, 0.2) is 35.1 Å². The highest BCUT2D eigenvalue weighted by Gasteiger charge is 2.12. The van der Waals surface area contributed by atoms with Crippen LogP contribution in [-0.4, -0.2) is 11.0 Å². The Balaban J connectivity index is 2.42. The molecule has 0 unspecified atom stereocenters. The zero-order valence-corrected chi connectivity index (χ0v) is 9.26. The van der Waals surface area contributed by atoms with Crippen LogP contribution in [-0.2, 0) is 0 Å². The van der Waals surface area contributed by atoms with Gasteiger partial charge in [-0.25, -0.2) is 4.39 Å². The van der Waals surface area contributed by atoms with E-state index in [1.54, 1.807) is 12.1 Å². The van der Waals surface area contributed by atoms with Crippen molar-refractivity contribution >= 4 is 18.1 Å². The molecule has 3 N–H and O–H groups in total. The maximum atomic E-state index is 13.3. The molecular formula is C13H10FNO3. The Kier molecular flexibility index (Phi) is 3.14. The number of aromatic hydroxyl groups is 1. The normalized spacial score (nSPS) is 10.9. The standard InChI is InChI=1S/C13H10FNO3/c14-10-5-9(2-1-8-3-4-18-7-8)12(16)11(6-10)13(15)17/h1-7,16H,(H2,15,17)/b2-1+. The van der Waals surface area contributed by atoms with E-state index in [-0.39, 0.29) is 16.9 Å². The summed E-state index contributed by atoms with van der Waals surface area (Å²) in [7, 11) is 0. The fourth-order valence-corrected chi connectivity index (χ4v) is 1.49. The Morgan fingerprint density at radius 1 is 1.39 bits per heavy atom. The minimum Gasteiger partial charge on any atom is -0.506 e. The molecule has 1 heterocycles. The van der Waals surface area contributed by atoms with E-state index in [4.69, 9.17) is 10.2 Å². The molecular weight excluding hydrogens is 237 g/mol. The molecule has 18 heavy (non-hydrogen) atoms. The summed E-state index contributed by atoms with van der Waals surface area (Å²) in [4.78, 5) is 11.0. The number of furan rings is 1. The predicted octanol–water partition coefficient (Wildman–Crippen LogP) is 2.39. The summed E-state index contributed by atoms with van der Waals surface area (Å²) >= 11 is 0. The number of benzene rings is 1. The van der Waals surface area contributed by atoms with Crippen molar-refractivity contribution in [2.45, 2.75) is 0 Å². The minimum absolute atomic E-state index is 0.171. The molecule has 0 atom stereocenters. The highest BCUT2D eigenvalue weighted by atomic mass is 19.1. The van der Waals surface area contributed by atoms with Gasteiger partial charge in [-0.15, -0.1) is 0 Å². The number of halogens is 1. The summed E-state index contributed by atoms with van der Waals surface area (Å²) in [5, 5.41) is 9.77. The zero-order chi connectivity index (χ0) is 13.1. The number of amides is 1. The van der Waals surface area contributed by atoms with Crippen LogP contribution in [0.5, 0.6) is 5.75 Å². The fourth-order valence-electron chi connectivity index (χ4n) is 1.49. The van der Waals surface area contributed by atoms with Gasteiger partial charge in [0.25, 0.3) is 5.91 Å². The molecule has 1 amide bonds. The minimum atomic E-state index is -0.884. The molecule has 1 aromatic heterocycles. The van der Waals surface area contributed by atoms with Crippen LogP contribution in [0.1, 0.15) is 21.5 Å². The molecule has 0 aliphatic carbocycles. The van der Waals surface area contributed by atoms with E-state index >= 15 is 0 Å². The lowest BCUT2D eigenvalue weighted by Gasteiger charge is -2.04. The topological polar surface area (TPSA) is 76.5 Å². The molecule has 5 heteroatoms. The monoisotopic (exact) mass is 247 g/mol. The Hall–Kier alpha value is -2.56. The maximum Gasteiger partial charge on any atom is 0.252 e. The largest absolute Gasteiger partial charge is 0.506 e. The van der Waals surface area contributed by atoms with Crippen molar-refractivity contribution in [3.05, 3.63) is 53.2 Å². The lowest BCUT2D eigenvalue weighted by molar-refractivity contribution is 0.0997. The SMILES string of the molecule is NC(=O)c1cc(F)cc(/C=C/c2ccoc2)c1O. The number of carbonyl (C=O) groups excluding carboxylic acids is 1. The molecule has 0 bridgehead atoms. The van der Waals surface area contributed by atoms with Crippen molar-refractivity contribution in [3.63, 3.8) is 0 Å². The molecule has 0 saturated carbocycles. The lowest BCUT2D eigenvalue weighted by Crippen LogP contribution is -2.11. The second-order valence-electron chi connectivity index (χ2n) is 3.65. The lowest BCUT2D eigenvalue weighted by atomic mass is 10.1. The molecule has 2 rings (SSSR count). The average molecular weight is 247 g/mol. The maximum absolute atomic E-state index is 13.3. The van der Waals surface area contributed by atoms with Crippen LogP contribution in [0.4, 0.5) is 4.39 Å². The van der Waals surface area contributed by atoms with Gasteiger partial charge in [0, 0.05) is 11.1 Å². The highest BCUT2D eigenvalue weighted by Crippen LogP contribution is 2.25. The van der Waals surface area contributed by atoms with Crippen LogP contribution in [0.3, 0.4) is 0 Å². The summed E-state index contributed by atoms with van der Waals surface area (Å²) in [5.74, 6) is -1.87. The Bertz CT molecular complexity index is 603. The first-order valence-electron chi connectivity index (χ1n) is 5.10. The number of hydrogen-bond acceptors (Lipinski definition) is 3. The molecule has 2 aromatic rings. The van der Waals surface area contributed by atoms with E-state index in [1.165, 1.54) is 18.6 Å². The van der Waals surface area contributed by atoms with Gasteiger partial charge >= 0.3 is 0 Å². The first-order valence-corrected chi connectivity index (χ1v) is 5.10. The predicted molar refractivity (Wildman–Crippen MR) is 64.2 cm³/mol. The number of rotatable bonds is 3. The zero-order valence-electron chi connectivity index (χ0n) is 9.26. The van der Waals surface area contributed by atoms with Gasteiger partial charge in [0.2, 0.25) is 0 Å². The van der Waals surface area contributed by atoms with Crippen LogP contribution in [0.25, 0.3) is 12.2 Å². The van der Waals surface area contributed by atoms with Gasteiger partial charge in [0.15, 0.2) is 0 Å². The van der Waals surface area contributed by atoms with Crippen molar-refractivity contribution in [2.24, 2.45) is 5.73 Å². The molecule has 0 spiro atoms. The Morgan fingerprint density at radius 2 is 2.17 bits per heavy atom. The number of carbonyl (C=O) groups is 1. The summed E-state index contributed by atoms with van der Waals surface area (Å²) in [6.45, 7) is 0. The quantitative estimate of drug-likeness (QED) is 0.874. The summed E-state index contributed by atoms with van der Waals surface area (Å²) in [6.07, 6.45) is 6.06. The summed E-state index contributed by atoms with van der Waals surface area (Å²) in [5.41, 5.74) is 5.71. The highest BCUT2D eigenvalue weighted by molar-refractivity contribution is 5.97. The number of nitrogens with two attached hydrogens (primary N) is 1. The Labute approximate surface area is 102 Å². The van der Waals surface area contributed by atoms with E-state index in [9.17, 15) is 14.3 Å². The molecule has 0 aliphatic rings. The van der Waals surface area contributed by atoms with Gasteiger partial charge in [0.05, 0.1) is 18.1 Å². The van der Waals surface area contributed by atoms with Crippen molar-refractivity contribution < 1.29 is 18.7 Å². The van der Waals surface area contributed by atoms with E-state index in [1.807, 2.05) is 0 Å². The summed E-state index contributed by atoms with van der Waals surface area (Å²) < 4.78 is 18.1. The van der Waals surface area contributed by atoms with E-state index in [0.717, 1.165) is 17.7 Å². The number of phenols is 1. The molecule has 0 saturated heterocycles. The van der Waals surface area contributed by atoms with E-state index in [2.05, 4.69) is 0 Å². The van der Waals surface area contributed by atoms with Crippen molar-refractivity contribution in [1.82, 2.24) is 0 Å². The number of hydrogen-bond donors (Lipinski definition) is 2. The second kappa shape index (κ2) is 4.75. The van der Waals surface area contributed by atoms with Crippen LogP contribution < -0.4 is 5.73 Å². The van der Waals surface area contributed by atoms with E-state index in [0.29, 0.717) is 0 Å². The van der Waals surface area contributed by atoms with Gasteiger partial charge < -0.3 is 15.3 Å².